The van der Waals surface area contributed by atoms with E-state index < -0.39 is 21.6 Å². The van der Waals surface area contributed by atoms with E-state index in [-0.39, 0.29) is 4.90 Å². The van der Waals surface area contributed by atoms with Gasteiger partial charge >= 0.3 is 5.97 Å². The standard InChI is InChI=1S/C15H13ClO5S/c16-12-3-1-11(2-4-12)9-21-13-5-7-14(8-6-13)22(19,20)10-15(17)18/h1-8H,9-10H2,(H,17,18). The van der Waals surface area contributed by atoms with Gasteiger partial charge in [0.1, 0.15) is 12.4 Å². The van der Waals surface area contributed by atoms with E-state index >= 15 is 0 Å². The minimum Gasteiger partial charge on any atom is -0.489 e. The molecule has 0 aromatic heterocycles. The van der Waals surface area contributed by atoms with Crippen LogP contribution in [0.1, 0.15) is 5.56 Å². The van der Waals surface area contributed by atoms with Crippen LogP contribution in [-0.2, 0) is 21.2 Å². The van der Waals surface area contributed by atoms with Crippen LogP contribution >= 0.6 is 11.6 Å². The number of hydrogen-bond acceptors (Lipinski definition) is 4. The Kier molecular flexibility index (Phi) is 5.05. The maximum atomic E-state index is 11.7. The Morgan fingerprint density at radius 1 is 1.05 bits per heavy atom. The number of hydrogen-bond donors (Lipinski definition) is 1. The number of ether oxygens (including phenoxy) is 1. The van der Waals surface area contributed by atoms with Gasteiger partial charge in [-0.05, 0) is 42.0 Å². The van der Waals surface area contributed by atoms with Crippen LogP contribution in [0.4, 0.5) is 0 Å². The summed E-state index contributed by atoms with van der Waals surface area (Å²) in [4.78, 5) is 10.5. The van der Waals surface area contributed by atoms with Gasteiger partial charge in [-0.25, -0.2) is 8.42 Å². The number of carboxylic acid groups (broad SMARTS) is 1. The second-order valence-electron chi connectivity index (χ2n) is 4.54. The molecule has 7 heteroatoms. The third-order valence-corrected chi connectivity index (χ3v) is 4.68. The smallest absolute Gasteiger partial charge is 0.319 e. The van der Waals surface area contributed by atoms with Gasteiger partial charge in [-0.2, -0.15) is 0 Å². The van der Waals surface area contributed by atoms with Crippen molar-refractivity contribution in [1.29, 1.82) is 0 Å². The molecule has 0 aliphatic carbocycles. The molecule has 0 saturated heterocycles. The third kappa shape index (κ3) is 4.47. The summed E-state index contributed by atoms with van der Waals surface area (Å²) < 4.78 is 29.0. The molecule has 5 nitrogen and oxygen atoms in total. The van der Waals surface area contributed by atoms with Gasteiger partial charge in [0.05, 0.1) is 4.90 Å². The average molecular weight is 341 g/mol. The third-order valence-electron chi connectivity index (χ3n) is 2.82. The fourth-order valence-electron chi connectivity index (χ4n) is 1.74. The van der Waals surface area contributed by atoms with E-state index in [1.165, 1.54) is 24.3 Å². The van der Waals surface area contributed by atoms with Gasteiger partial charge in [-0.15, -0.1) is 0 Å². The molecule has 116 valence electrons. The molecular weight excluding hydrogens is 328 g/mol. The molecule has 0 bridgehead atoms. The molecular formula is C15H13ClO5S. The van der Waals surface area contributed by atoms with Gasteiger partial charge in [0.15, 0.2) is 15.6 Å². The van der Waals surface area contributed by atoms with Gasteiger partial charge in [-0.1, -0.05) is 23.7 Å². The summed E-state index contributed by atoms with van der Waals surface area (Å²) >= 11 is 5.79. The lowest BCUT2D eigenvalue weighted by Crippen LogP contribution is -2.15. The zero-order chi connectivity index (χ0) is 16.2. The lowest BCUT2D eigenvalue weighted by atomic mass is 10.2. The molecule has 0 amide bonds. The molecule has 0 heterocycles. The average Bonchev–Trinajstić information content (AvgIpc) is 2.46. The van der Waals surface area contributed by atoms with Crippen molar-refractivity contribution in [1.82, 2.24) is 0 Å². The first-order valence-corrected chi connectivity index (χ1v) is 8.32. The Morgan fingerprint density at radius 3 is 2.18 bits per heavy atom. The number of aliphatic carboxylic acids is 1. The number of sulfone groups is 1. The summed E-state index contributed by atoms with van der Waals surface area (Å²) in [6, 6.07) is 12.8. The Bertz CT molecular complexity index is 752. The van der Waals surface area contributed by atoms with Crippen LogP contribution in [0, 0.1) is 0 Å². The van der Waals surface area contributed by atoms with Gasteiger partial charge in [0, 0.05) is 5.02 Å². The van der Waals surface area contributed by atoms with Crippen LogP contribution in [0.3, 0.4) is 0 Å². The normalized spacial score (nSPS) is 11.1. The maximum Gasteiger partial charge on any atom is 0.319 e. The van der Waals surface area contributed by atoms with Crippen molar-refractivity contribution in [3.05, 3.63) is 59.1 Å². The van der Waals surface area contributed by atoms with Crippen molar-refractivity contribution in [2.45, 2.75) is 11.5 Å². The number of rotatable bonds is 6. The summed E-state index contributed by atoms with van der Waals surface area (Å²) in [5.41, 5.74) is 0.923. The lowest BCUT2D eigenvalue weighted by Gasteiger charge is -2.07. The van der Waals surface area contributed by atoms with Gasteiger partial charge < -0.3 is 9.84 Å². The SMILES string of the molecule is O=C(O)CS(=O)(=O)c1ccc(OCc2ccc(Cl)cc2)cc1. The highest BCUT2D eigenvalue weighted by molar-refractivity contribution is 7.92. The van der Waals surface area contributed by atoms with Crippen LogP contribution in [0.2, 0.25) is 5.02 Å². The Hall–Kier alpha value is -2.05. The van der Waals surface area contributed by atoms with E-state index in [1.807, 2.05) is 12.1 Å². The molecule has 2 rings (SSSR count). The monoisotopic (exact) mass is 340 g/mol. The highest BCUT2D eigenvalue weighted by Gasteiger charge is 2.18. The summed E-state index contributed by atoms with van der Waals surface area (Å²) in [6.45, 7) is 0.318. The van der Waals surface area contributed by atoms with E-state index in [2.05, 4.69) is 0 Å². The molecule has 0 radical (unpaired) electrons. The molecule has 0 atom stereocenters. The summed E-state index contributed by atoms with van der Waals surface area (Å²) in [5, 5.41) is 9.22. The minimum atomic E-state index is -3.82. The van der Waals surface area contributed by atoms with Crippen molar-refractivity contribution < 1.29 is 23.1 Å². The fourth-order valence-corrected chi connectivity index (χ4v) is 2.90. The number of carboxylic acids is 1. The molecule has 0 spiro atoms. The number of halogens is 1. The zero-order valence-electron chi connectivity index (χ0n) is 11.4. The molecule has 22 heavy (non-hydrogen) atoms. The number of carbonyl (C=O) groups is 1. The molecule has 2 aromatic rings. The summed E-state index contributed by atoms with van der Waals surface area (Å²) in [6.07, 6.45) is 0. The van der Waals surface area contributed by atoms with Crippen LogP contribution < -0.4 is 4.74 Å². The van der Waals surface area contributed by atoms with Crippen LogP contribution in [-0.4, -0.2) is 25.2 Å². The second kappa shape index (κ2) is 6.81. The summed E-state index contributed by atoms with van der Waals surface area (Å²) in [5.74, 6) is -1.83. The summed E-state index contributed by atoms with van der Waals surface area (Å²) in [7, 11) is -3.82. The minimum absolute atomic E-state index is 0.0475. The molecule has 0 fully saturated rings. The second-order valence-corrected chi connectivity index (χ2v) is 6.97. The van der Waals surface area contributed by atoms with Crippen molar-refractivity contribution in [2.75, 3.05) is 5.75 Å². The van der Waals surface area contributed by atoms with E-state index in [0.29, 0.717) is 17.4 Å². The largest absolute Gasteiger partial charge is 0.489 e. The van der Waals surface area contributed by atoms with E-state index in [1.54, 1.807) is 12.1 Å². The molecule has 0 aliphatic heterocycles. The molecule has 0 aliphatic rings. The maximum absolute atomic E-state index is 11.7. The van der Waals surface area contributed by atoms with Gasteiger partial charge in [0.2, 0.25) is 0 Å². The van der Waals surface area contributed by atoms with Crippen molar-refractivity contribution in [2.24, 2.45) is 0 Å². The molecule has 0 saturated carbocycles. The topological polar surface area (TPSA) is 80.7 Å². The molecule has 1 N–H and O–H groups in total. The molecule has 2 aromatic carbocycles. The van der Waals surface area contributed by atoms with E-state index in [0.717, 1.165) is 5.56 Å². The predicted octanol–water partition coefficient (Wildman–Crippen LogP) is 2.78. The first-order valence-electron chi connectivity index (χ1n) is 6.29. The zero-order valence-corrected chi connectivity index (χ0v) is 13.0. The van der Waals surface area contributed by atoms with Crippen molar-refractivity contribution in [3.8, 4) is 5.75 Å². The van der Waals surface area contributed by atoms with Crippen molar-refractivity contribution >= 4 is 27.4 Å². The van der Waals surface area contributed by atoms with Crippen LogP contribution in [0.15, 0.2) is 53.4 Å². The first-order chi connectivity index (χ1) is 10.4. The Morgan fingerprint density at radius 2 is 1.64 bits per heavy atom. The predicted molar refractivity (Wildman–Crippen MR) is 81.9 cm³/mol. The number of benzene rings is 2. The lowest BCUT2D eigenvalue weighted by molar-refractivity contribution is -0.134. The van der Waals surface area contributed by atoms with E-state index in [9.17, 15) is 13.2 Å². The Balaban J connectivity index is 2.03. The first kappa shape index (κ1) is 16.3. The highest BCUT2D eigenvalue weighted by atomic mass is 35.5. The van der Waals surface area contributed by atoms with Crippen LogP contribution in [0.5, 0.6) is 5.75 Å². The quantitative estimate of drug-likeness (QED) is 0.874. The fraction of sp³-hybridized carbons (Fsp3) is 0.133. The Labute approximate surface area is 133 Å². The van der Waals surface area contributed by atoms with Gasteiger partial charge in [-0.3, -0.25) is 4.79 Å². The highest BCUT2D eigenvalue weighted by Crippen LogP contribution is 2.18. The van der Waals surface area contributed by atoms with Crippen molar-refractivity contribution in [3.63, 3.8) is 0 Å². The van der Waals surface area contributed by atoms with Gasteiger partial charge in [0.25, 0.3) is 0 Å². The molecule has 0 unspecified atom stereocenters. The van der Waals surface area contributed by atoms with E-state index in [4.69, 9.17) is 21.4 Å². The van der Waals surface area contributed by atoms with Crippen LogP contribution in [0.25, 0.3) is 0 Å².